The highest BCUT2D eigenvalue weighted by Gasteiger charge is 2.21. The minimum absolute atomic E-state index is 0.105. The van der Waals surface area contributed by atoms with Crippen LogP contribution in [0.3, 0.4) is 0 Å². The molecule has 22 heavy (non-hydrogen) atoms. The van der Waals surface area contributed by atoms with Gasteiger partial charge in [-0.1, -0.05) is 31.5 Å². The zero-order valence-corrected chi connectivity index (χ0v) is 14.2. The molecular weight excluding hydrogens is 318 g/mol. The topological polar surface area (TPSA) is 55.7 Å². The van der Waals surface area contributed by atoms with Crippen molar-refractivity contribution in [3.8, 4) is 0 Å². The lowest BCUT2D eigenvalue weighted by molar-refractivity contribution is 0.0448. The van der Waals surface area contributed by atoms with E-state index in [1.807, 2.05) is 6.92 Å². The Labute approximate surface area is 140 Å². The van der Waals surface area contributed by atoms with Crippen molar-refractivity contribution < 1.29 is 14.3 Å². The van der Waals surface area contributed by atoms with Gasteiger partial charge in [0.2, 0.25) is 0 Å². The van der Waals surface area contributed by atoms with Gasteiger partial charge in [-0.2, -0.15) is 0 Å². The molecule has 0 saturated carbocycles. The van der Waals surface area contributed by atoms with Crippen molar-refractivity contribution in [2.45, 2.75) is 31.6 Å². The fraction of sp³-hybridized carbons (Fsp3) is 0.438. The molecule has 0 radical (unpaired) electrons. The highest BCUT2D eigenvalue weighted by molar-refractivity contribution is 8.14. The van der Waals surface area contributed by atoms with Gasteiger partial charge < -0.3 is 4.74 Å². The lowest BCUT2D eigenvalue weighted by atomic mass is 10.0. The van der Waals surface area contributed by atoms with E-state index >= 15 is 0 Å². The van der Waals surface area contributed by atoms with Crippen LogP contribution in [-0.2, 0) is 4.74 Å². The molecule has 1 aliphatic heterocycles. The third-order valence-electron chi connectivity index (χ3n) is 3.19. The molecule has 0 fully saturated rings. The van der Waals surface area contributed by atoms with E-state index in [2.05, 4.69) is 17.6 Å². The van der Waals surface area contributed by atoms with E-state index in [9.17, 15) is 9.59 Å². The average molecular weight is 337 g/mol. The molecular formula is C16H19NO3S2. The maximum Gasteiger partial charge on any atom is 0.339 e. The minimum Gasteiger partial charge on any atom is -0.448 e. The summed E-state index contributed by atoms with van der Waals surface area (Å²) < 4.78 is 5.28. The van der Waals surface area contributed by atoms with Gasteiger partial charge in [0, 0.05) is 17.9 Å². The van der Waals surface area contributed by atoms with E-state index in [0.717, 1.165) is 23.8 Å². The first-order valence-electron chi connectivity index (χ1n) is 7.29. The number of ketones is 1. The van der Waals surface area contributed by atoms with Gasteiger partial charge in [-0.25, -0.2) is 4.79 Å². The number of benzene rings is 1. The zero-order valence-electron chi connectivity index (χ0n) is 12.4. The number of ether oxygens (including phenoxy) is 1. The summed E-state index contributed by atoms with van der Waals surface area (Å²) in [4.78, 5) is 28.9. The van der Waals surface area contributed by atoms with Gasteiger partial charge in [0.1, 0.15) is 5.44 Å². The van der Waals surface area contributed by atoms with E-state index in [1.54, 1.807) is 36.0 Å². The number of hydrogen-bond donors (Lipinski definition) is 1. The first-order chi connectivity index (χ1) is 10.6. The number of carbonyl (C=O) groups is 2. The molecule has 118 valence electrons. The Hall–Kier alpha value is -1.27. The quantitative estimate of drug-likeness (QED) is 0.357. The van der Waals surface area contributed by atoms with Gasteiger partial charge in [-0.15, -0.1) is 24.4 Å². The second kappa shape index (κ2) is 8.39. The summed E-state index contributed by atoms with van der Waals surface area (Å²) in [5.74, 6) is 0.315. The number of esters is 1. The van der Waals surface area contributed by atoms with Crippen LogP contribution in [-0.4, -0.2) is 34.5 Å². The van der Waals surface area contributed by atoms with Crippen LogP contribution in [0.2, 0.25) is 0 Å². The summed E-state index contributed by atoms with van der Waals surface area (Å²) in [7, 11) is 0. The average Bonchev–Trinajstić information content (AvgIpc) is 3.00. The summed E-state index contributed by atoms with van der Waals surface area (Å²) >= 11 is 5.83. The smallest absolute Gasteiger partial charge is 0.339 e. The molecule has 4 nitrogen and oxygen atoms in total. The first kappa shape index (κ1) is 17.1. The SMILES string of the molecule is CCCC(S)OC(=O)c1ccccc1C(=O)CC1=NCCS1. The lowest BCUT2D eigenvalue weighted by Gasteiger charge is -2.13. The van der Waals surface area contributed by atoms with Crippen LogP contribution in [0.15, 0.2) is 29.3 Å². The number of carbonyl (C=O) groups excluding carboxylic acids is 2. The van der Waals surface area contributed by atoms with Crippen molar-refractivity contribution in [3.05, 3.63) is 35.4 Å². The molecule has 2 rings (SSSR count). The number of Topliss-reactive ketones (excluding diaryl/α,β-unsaturated/α-hetero) is 1. The molecule has 0 aromatic heterocycles. The second-order valence-corrected chi connectivity index (χ2v) is 6.66. The molecule has 1 aromatic carbocycles. The summed E-state index contributed by atoms with van der Waals surface area (Å²) in [6.45, 7) is 2.75. The Morgan fingerprint density at radius 3 is 2.73 bits per heavy atom. The van der Waals surface area contributed by atoms with Crippen LogP contribution < -0.4 is 0 Å². The van der Waals surface area contributed by atoms with Gasteiger partial charge >= 0.3 is 5.97 Å². The molecule has 0 N–H and O–H groups in total. The zero-order chi connectivity index (χ0) is 15.9. The molecule has 1 unspecified atom stereocenters. The highest BCUT2D eigenvalue weighted by atomic mass is 32.2. The van der Waals surface area contributed by atoms with Crippen LogP contribution in [0.4, 0.5) is 0 Å². The van der Waals surface area contributed by atoms with Gasteiger partial charge in [0.25, 0.3) is 0 Å². The van der Waals surface area contributed by atoms with Gasteiger partial charge in [0.05, 0.1) is 17.0 Å². The van der Waals surface area contributed by atoms with Crippen molar-refractivity contribution in [1.29, 1.82) is 0 Å². The summed E-state index contributed by atoms with van der Waals surface area (Å²) in [6.07, 6.45) is 1.80. The van der Waals surface area contributed by atoms with E-state index in [-0.39, 0.29) is 12.2 Å². The normalized spacial score (nSPS) is 15.3. The van der Waals surface area contributed by atoms with Crippen molar-refractivity contribution in [2.24, 2.45) is 4.99 Å². The number of rotatable bonds is 7. The van der Waals surface area contributed by atoms with E-state index in [4.69, 9.17) is 4.74 Å². The molecule has 1 heterocycles. The van der Waals surface area contributed by atoms with E-state index in [1.165, 1.54) is 0 Å². The number of aliphatic imine (C=N–C) groups is 1. The van der Waals surface area contributed by atoms with Crippen molar-refractivity contribution in [1.82, 2.24) is 0 Å². The Morgan fingerprint density at radius 1 is 1.36 bits per heavy atom. The summed E-state index contributed by atoms with van der Waals surface area (Å²) in [5.41, 5.74) is 0.237. The molecule has 0 saturated heterocycles. The Morgan fingerprint density at radius 2 is 2.09 bits per heavy atom. The molecule has 1 aromatic rings. The molecule has 0 amide bonds. The first-order valence-corrected chi connectivity index (χ1v) is 8.79. The van der Waals surface area contributed by atoms with E-state index in [0.29, 0.717) is 17.5 Å². The van der Waals surface area contributed by atoms with Crippen LogP contribution in [0, 0.1) is 0 Å². The minimum atomic E-state index is -0.501. The van der Waals surface area contributed by atoms with E-state index < -0.39 is 11.4 Å². The van der Waals surface area contributed by atoms with Crippen LogP contribution >= 0.6 is 24.4 Å². The number of thioether (sulfide) groups is 1. The molecule has 6 heteroatoms. The Balaban J connectivity index is 2.11. The molecule has 1 aliphatic rings. The van der Waals surface area contributed by atoms with Crippen LogP contribution in [0.25, 0.3) is 0 Å². The third-order valence-corrected chi connectivity index (χ3v) is 4.54. The molecule has 0 aliphatic carbocycles. The Bertz CT molecular complexity index is 587. The van der Waals surface area contributed by atoms with Crippen molar-refractivity contribution in [3.63, 3.8) is 0 Å². The largest absolute Gasteiger partial charge is 0.448 e. The van der Waals surface area contributed by atoms with Crippen LogP contribution in [0.1, 0.15) is 46.9 Å². The fourth-order valence-corrected chi connectivity index (χ4v) is 3.30. The third kappa shape index (κ3) is 4.61. The van der Waals surface area contributed by atoms with Gasteiger partial charge in [0.15, 0.2) is 5.78 Å². The number of thiol groups is 1. The predicted molar refractivity (Wildman–Crippen MR) is 93.2 cm³/mol. The lowest BCUT2D eigenvalue weighted by Crippen LogP contribution is -2.17. The monoisotopic (exact) mass is 337 g/mol. The second-order valence-electron chi connectivity index (χ2n) is 4.92. The standard InChI is InChI=1S/C16H19NO3S2/c1-2-5-15(21)20-16(19)12-7-4-3-6-11(12)13(18)10-14-17-8-9-22-14/h3-4,6-7,15,21H,2,5,8-10H2,1H3. The maximum absolute atomic E-state index is 12.4. The number of nitrogens with zero attached hydrogens (tertiary/aromatic N) is 1. The summed E-state index contributed by atoms with van der Waals surface area (Å²) in [5, 5.41) is 0.839. The molecule has 0 bridgehead atoms. The highest BCUT2D eigenvalue weighted by Crippen LogP contribution is 2.20. The van der Waals surface area contributed by atoms with Gasteiger partial charge in [-0.05, 0) is 12.5 Å². The van der Waals surface area contributed by atoms with Crippen LogP contribution in [0.5, 0.6) is 0 Å². The fourth-order valence-electron chi connectivity index (χ4n) is 2.12. The summed E-state index contributed by atoms with van der Waals surface area (Å²) in [6, 6.07) is 6.75. The maximum atomic E-state index is 12.4. The van der Waals surface area contributed by atoms with Crippen molar-refractivity contribution in [2.75, 3.05) is 12.3 Å². The Kier molecular flexibility index (Phi) is 6.51. The molecule has 1 atom stereocenters. The number of hydrogen-bond acceptors (Lipinski definition) is 6. The molecule has 0 spiro atoms. The predicted octanol–water partition coefficient (Wildman–Crippen LogP) is 3.62. The van der Waals surface area contributed by atoms with Crippen molar-refractivity contribution >= 4 is 41.2 Å². The van der Waals surface area contributed by atoms with Gasteiger partial charge in [-0.3, -0.25) is 9.79 Å².